The van der Waals surface area contributed by atoms with Crippen LogP contribution >= 0.6 is 11.6 Å². The first kappa shape index (κ1) is 19.4. The Kier molecular flexibility index (Phi) is 7.83. The number of hydrogen-bond acceptors (Lipinski definition) is 3. The number of halogens is 1. The van der Waals surface area contributed by atoms with E-state index in [0.717, 1.165) is 24.9 Å². The summed E-state index contributed by atoms with van der Waals surface area (Å²) < 4.78 is 11.0. The van der Waals surface area contributed by atoms with E-state index in [0.29, 0.717) is 29.2 Å². The Balaban J connectivity index is 1.91. The van der Waals surface area contributed by atoms with Gasteiger partial charge >= 0.3 is 0 Å². The molecule has 2 rings (SSSR count). The van der Waals surface area contributed by atoms with Crippen LogP contribution in [0.3, 0.4) is 0 Å². The van der Waals surface area contributed by atoms with Gasteiger partial charge in [-0.3, -0.25) is 0 Å². The molecule has 0 aromatic heterocycles. The standard InChI is InChI=1S/C21H26ClNO2/c1-4-12-25-21-19(22)13-18(14-20(21)24-3)15-23-16(2)10-11-17-8-6-5-7-9-17/h4-9,13-14,16,23H,1,10-12,15H2,2-3H3/t16-/m0/s1. The largest absolute Gasteiger partial charge is 0.493 e. The van der Waals surface area contributed by atoms with E-state index in [1.165, 1.54) is 5.56 Å². The van der Waals surface area contributed by atoms with Gasteiger partial charge in [0.15, 0.2) is 11.5 Å². The molecule has 0 aliphatic carbocycles. The average Bonchev–Trinajstić information content (AvgIpc) is 2.64. The summed E-state index contributed by atoms with van der Waals surface area (Å²) in [6.07, 6.45) is 3.82. The highest BCUT2D eigenvalue weighted by Crippen LogP contribution is 2.36. The Labute approximate surface area is 155 Å². The summed E-state index contributed by atoms with van der Waals surface area (Å²) in [5.74, 6) is 1.20. The third-order valence-corrected chi connectivity index (χ3v) is 4.28. The van der Waals surface area contributed by atoms with E-state index in [4.69, 9.17) is 21.1 Å². The molecule has 0 saturated heterocycles. The molecule has 0 saturated carbocycles. The van der Waals surface area contributed by atoms with Crippen molar-refractivity contribution < 1.29 is 9.47 Å². The van der Waals surface area contributed by atoms with Crippen LogP contribution in [0.2, 0.25) is 5.02 Å². The van der Waals surface area contributed by atoms with Gasteiger partial charge in [0.2, 0.25) is 0 Å². The van der Waals surface area contributed by atoms with E-state index in [9.17, 15) is 0 Å². The van der Waals surface area contributed by atoms with Crippen LogP contribution in [0.4, 0.5) is 0 Å². The summed E-state index contributed by atoms with van der Waals surface area (Å²) in [6.45, 7) is 6.97. The maximum absolute atomic E-state index is 6.34. The third-order valence-electron chi connectivity index (χ3n) is 4.00. The van der Waals surface area contributed by atoms with Gasteiger partial charge in [-0.05, 0) is 43.0 Å². The number of nitrogens with one attached hydrogen (secondary N) is 1. The van der Waals surface area contributed by atoms with Crippen LogP contribution < -0.4 is 14.8 Å². The predicted molar refractivity (Wildman–Crippen MR) is 105 cm³/mol. The quantitative estimate of drug-likeness (QED) is 0.604. The highest BCUT2D eigenvalue weighted by Gasteiger charge is 2.12. The molecule has 2 aromatic carbocycles. The van der Waals surface area contributed by atoms with Gasteiger partial charge < -0.3 is 14.8 Å². The Morgan fingerprint density at radius 3 is 2.64 bits per heavy atom. The van der Waals surface area contributed by atoms with E-state index in [1.807, 2.05) is 18.2 Å². The molecular weight excluding hydrogens is 334 g/mol. The lowest BCUT2D eigenvalue weighted by atomic mass is 10.1. The summed E-state index contributed by atoms with van der Waals surface area (Å²) in [7, 11) is 1.62. The van der Waals surface area contributed by atoms with Crippen LogP contribution in [0.5, 0.6) is 11.5 Å². The Morgan fingerprint density at radius 1 is 1.20 bits per heavy atom. The molecule has 2 aromatic rings. The molecule has 134 valence electrons. The van der Waals surface area contributed by atoms with Crippen LogP contribution in [0.25, 0.3) is 0 Å². The van der Waals surface area contributed by atoms with Gasteiger partial charge in [0.1, 0.15) is 6.61 Å². The molecule has 0 spiro atoms. The molecule has 0 radical (unpaired) electrons. The molecule has 0 amide bonds. The van der Waals surface area contributed by atoms with E-state index in [1.54, 1.807) is 13.2 Å². The highest BCUT2D eigenvalue weighted by atomic mass is 35.5. The fourth-order valence-electron chi connectivity index (χ4n) is 2.58. The zero-order valence-electron chi connectivity index (χ0n) is 14.9. The van der Waals surface area contributed by atoms with Crippen molar-refractivity contribution in [1.82, 2.24) is 5.32 Å². The predicted octanol–water partition coefficient (Wildman–Crippen LogP) is 5.02. The summed E-state index contributed by atoms with van der Waals surface area (Å²) in [4.78, 5) is 0. The zero-order chi connectivity index (χ0) is 18.1. The van der Waals surface area contributed by atoms with Crippen molar-refractivity contribution in [3.05, 3.63) is 71.3 Å². The second-order valence-corrected chi connectivity index (χ2v) is 6.42. The first-order chi connectivity index (χ1) is 12.1. The van der Waals surface area contributed by atoms with Gasteiger partial charge in [-0.1, -0.05) is 54.6 Å². The van der Waals surface area contributed by atoms with Crippen LogP contribution in [0.1, 0.15) is 24.5 Å². The summed E-state index contributed by atoms with van der Waals surface area (Å²) >= 11 is 6.34. The molecule has 3 nitrogen and oxygen atoms in total. The summed E-state index contributed by atoms with van der Waals surface area (Å²) in [5.41, 5.74) is 2.43. The third kappa shape index (κ3) is 6.11. The van der Waals surface area contributed by atoms with Crippen molar-refractivity contribution in [2.45, 2.75) is 32.4 Å². The zero-order valence-corrected chi connectivity index (χ0v) is 15.7. The number of hydrogen-bond donors (Lipinski definition) is 1. The van der Waals surface area contributed by atoms with Gasteiger partial charge in [-0.15, -0.1) is 0 Å². The molecule has 0 aliphatic heterocycles. The molecule has 1 N–H and O–H groups in total. The van der Waals surface area contributed by atoms with Gasteiger partial charge in [0.05, 0.1) is 12.1 Å². The maximum Gasteiger partial charge on any atom is 0.180 e. The minimum Gasteiger partial charge on any atom is -0.493 e. The lowest BCUT2D eigenvalue weighted by Crippen LogP contribution is -2.26. The van der Waals surface area contributed by atoms with Gasteiger partial charge in [-0.25, -0.2) is 0 Å². The van der Waals surface area contributed by atoms with Crippen molar-refractivity contribution in [3.63, 3.8) is 0 Å². The lowest BCUT2D eigenvalue weighted by molar-refractivity contribution is 0.326. The van der Waals surface area contributed by atoms with Crippen LogP contribution in [0, 0.1) is 0 Å². The number of methoxy groups -OCH3 is 1. The van der Waals surface area contributed by atoms with E-state index < -0.39 is 0 Å². The second-order valence-electron chi connectivity index (χ2n) is 6.01. The molecule has 0 fully saturated rings. The number of aryl methyl sites for hydroxylation is 1. The van der Waals surface area contributed by atoms with E-state index in [-0.39, 0.29) is 0 Å². The number of ether oxygens (including phenoxy) is 2. The SMILES string of the molecule is C=CCOc1c(Cl)cc(CN[C@@H](C)CCc2ccccc2)cc1OC. The van der Waals surface area contributed by atoms with Gasteiger partial charge in [0, 0.05) is 12.6 Å². The topological polar surface area (TPSA) is 30.5 Å². The van der Waals surface area contributed by atoms with Gasteiger partial charge in [-0.2, -0.15) is 0 Å². The van der Waals surface area contributed by atoms with Crippen LogP contribution in [0.15, 0.2) is 55.1 Å². The number of benzene rings is 2. The van der Waals surface area contributed by atoms with Crippen LogP contribution in [-0.2, 0) is 13.0 Å². The van der Waals surface area contributed by atoms with Crippen LogP contribution in [-0.4, -0.2) is 19.8 Å². The van der Waals surface area contributed by atoms with Crippen molar-refractivity contribution >= 4 is 11.6 Å². The highest BCUT2D eigenvalue weighted by molar-refractivity contribution is 6.32. The lowest BCUT2D eigenvalue weighted by Gasteiger charge is -2.16. The molecule has 0 unspecified atom stereocenters. The Morgan fingerprint density at radius 2 is 1.96 bits per heavy atom. The fourth-order valence-corrected chi connectivity index (χ4v) is 2.87. The minimum atomic E-state index is 0.393. The first-order valence-corrected chi connectivity index (χ1v) is 8.89. The maximum atomic E-state index is 6.34. The molecule has 0 heterocycles. The normalized spacial score (nSPS) is 11.8. The Bertz CT molecular complexity index is 673. The van der Waals surface area contributed by atoms with Crippen molar-refractivity contribution in [2.24, 2.45) is 0 Å². The molecule has 0 bridgehead atoms. The number of rotatable bonds is 10. The smallest absolute Gasteiger partial charge is 0.180 e. The average molecular weight is 360 g/mol. The van der Waals surface area contributed by atoms with Crippen molar-refractivity contribution in [1.29, 1.82) is 0 Å². The minimum absolute atomic E-state index is 0.393. The monoisotopic (exact) mass is 359 g/mol. The first-order valence-electron chi connectivity index (χ1n) is 8.51. The molecule has 1 atom stereocenters. The van der Waals surface area contributed by atoms with Crippen molar-refractivity contribution in [2.75, 3.05) is 13.7 Å². The molecular formula is C21H26ClNO2. The second kappa shape index (κ2) is 10.1. The molecule has 0 aliphatic rings. The summed E-state index contributed by atoms with van der Waals surface area (Å²) in [5, 5.41) is 4.09. The van der Waals surface area contributed by atoms with Gasteiger partial charge in [0.25, 0.3) is 0 Å². The fraction of sp³-hybridized carbons (Fsp3) is 0.333. The van der Waals surface area contributed by atoms with E-state index >= 15 is 0 Å². The summed E-state index contributed by atoms with van der Waals surface area (Å²) in [6, 6.07) is 14.8. The molecule has 4 heteroatoms. The molecule has 25 heavy (non-hydrogen) atoms. The van der Waals surface area contributed by atoms with E-state index in [2.05, 4.69) is 43.1 Å². The Hall–Kier alpha value is -1.97. The van der Waals surface area contributed by atoms with Crippen molar-refractivity contribution in [3.8, 4) is 11.5 Å².